The van der Waals surface area contributed by atoms with Crippen LogP contribution in [0.4, 0.5) is 0 Å². The van der Waals surface area contributed by atoms with Crippen LogP contribution in [0.2, 0.25) is 0 Å². The third-order valence-electron chi connectivity index (χ3n) is 5.73. The van der Waals surface area contributed by atoms with Gasteiger partial charge in [0.2, 0.25) is 0 Å². The molecule has 3 aromatic carbocycles. The van der Waals surface area contributed by atoms with Crippen molar-refractivity contribution in [1.29, 1.82) is 0 Å². The second-order valence-corrected chi connectivity index (χ2v) is 9.46. The predicted octanol–water partition coefficient (Wildman–Crippen LogP) is 4.64. The van der Waals surface area contributed by atoms with Crippen LogP contribution in [-0.2, 0) is 18.4 Å². The number of benzene rings is 3. The molecular weight excluding hydrogens is 442 g/mol. The van der Waals surface area contributed by atoms with Crippen molar-refractivity contribution in [2.75, 3.05) is 0 Å². The molecule has 0 aliphatic heterocycles. The topological polar surface area (TPSA) is 94.2 Å². The third-order valence-corrected chi connectivity index (χ3v) is 5.73. The van der Waals surface area contributed by atoms with Gasteiger partial charge < -0.3 is 5.11 Å². The molecule has 0 saturated heterocycles. The van der Waals surface area contributed by atoms with E-state index in [2.05, 4.69) is 5.10 Å². The molecule has 35 heavy (non-hydrogen) atoms. The molecule has 0 spiro atoms. The van der Waals surface area contributed by atoms with Gasteiger partial charge in [0.1, 0.15) is 5.82 Å². The van der Waals surface area contributed by atoms with Gasteiger partial charge in [0.25, 0.3) is 5.91 Å². The summed E-state index contributed by atoms with van der Waals surface area (Å²) in [5.74, 6) is -0.853. The Kier molecular flexibility index (Phi) is 6.51. The molecule has 7 heteroatoms. The molecule has 0 saturated carbocycles. The average molecular weight is 470 g/mol. The van der Waals surface area contributed by atoms with E-state index >= 15 is 0 Å². The largest absolute Gasteiger partial charge is 0.478 e. The average Bonchev–Trinajstić information content (AvgIpc) is 3.17. The Balaban J connectivity index is 1.66. The lowest BCUT2D eigenvalue weighted by Crippen LogP contribution is -2.31. The monoisotopic (exact) mass is 469 g/mol. The number of nitrogens with zero attached hydrogens (tertiary/aromatic N) is 3. The number of rotatable bonds is 6. The molecule has 0 unspecified atom stereocenters. The van der Waals surface area contributed by atoms with Crippen molar-refractivity contribution >= 4 is 11.9 Å². The van der Waals surface area contributed by atoms with Gasteiger partial charge in [-0.2, -0.15) is 0 Å². The molecule has 0 fully saturated rings. The second-order valence-electron chi connectivity index (χ2n) is 9.46. The van der Waals surface area contributed by atoms with Gasteiger partial charge in [0, 0.05) is 5.41 Å². The van der Waals surface area contributed by atoms with E-state index in [4.69, 9.17) is 0 Å². The normalized spacial score (nSPS) is 11.4. The minimum atomic E-state index is -0.987. The molecule has 1 aromatic heterocycles. The minimum Gasteiger partial charge on any atom is -0.478 e. The summed E-state index contributed by atoms with van der Waals surface area (Å²) in [5.41, 5.74) is 2.33. The van der Waals surface area contributed by atoms with Crippen LogP contribution in [0.5, 0.6) is 0 Å². The van der Waals surface area contributed by atoms with Crippen LogP contribution < -0.4 is 5.69 Å². The van der Waals surface area contributed by atoms with Crippen molar-refractivity contribution < 1.29 is 14.7 Å². The predicted molar refractivity (Wildman–Crippen MR) is 134 cm³/mol. The summed E-state index contributed by atoms with van der Waals surface area (Å²) in [6.07, 6.45) is 0.0824. The highest BCUT2D eigenvalue weighted by Gasteiger charge is 2.27. The van der Waals surface area contributed by atoms with Crippen LogP contribution in [-0.4, -0.2) is 31.3 Å². The molecule has 0 aliphatic rings. The van der Waals surface area contributed by atoms with E-state index in [-0.39, 0.29) is 24.4 Å². The standard InChI is InChI=1S/C28H27N3O4/c1-28(2,3)26-29-31(24(32)17-19-9-5-4-6-10-19)27(35)30(26)18-20-13-15-21(16-14-20)22-11-7-8-12-23(22)25(33)34/h4-16H,17-18H2,1-3H3,(H,33,34). The van der Waals surface area contributed by atoms with Crippen molar-refractivity contribution in [3.8, 4) is 11.1 Å². The molecule has 0 radical (unpaired) electrons. The Bertz CT molecular complexity index is 1430. The summed E-state index contributed by atoms with van der Waals surface area (Å²) >= 11 is 0. The van der Waals surface area contributed by atoms with Gasteiger partial charge in [-0.15, -0.1) is 9.78 Å². The Morgan fingerprint density at radius 2 is 1.49 bits per heavy atom. The van der Waals surface area contributed by atoms with Crippen molar-refractivity contribution in [3.63, 3.8) is 0 Å². The molecule has 1 N–H and O–H groups in total. The van der Waals surface area contributed by atoms with E-state index in [1.807, 2.05) is 75.4 Å². The zero-order valence-corrected chi connectivity index (χ0v) is 19.9. The van der Waals surface area contributed by atoms with Crippen molar-refractivity contribution in [2.45, 2.75) is 39.2 Å². The highest BCUT2D eigenvalue weighted by atomic mass is 16.4. The maximum atomic E-state index is 13.3. The lowest BCUT2D eigenvalue weighted by Gasteiger charge is -2.18. The molecule has 0 atom stereocenters. The van der Waals surface area contributed by atoms with E-state index in [0.717, 1.165) is 21.4 Å². The number of aromatic nitrogens is 3. The van der Waals surface area contributed by atoms with Crippen LogP contribution >= 0.6 is 0 Å². The minimum absolute atomic E-state index is 0.0824. The number of aromatic carboxylic acids is 1. The Morgan fingerprint density at radius 1 is 0.857 bits per heavy atom. The molecule has 7 nitrogen and oxygen atoms in total. The zero-order chi connectivity index (χ0) is 25.2. The SMILES string of the molecule is CC(C)(C)c1nn(C(=O)Cc2ccccc2)c(=O)n1Cc1ccc(-c2ccccc2C(=O)O)cc1. The van der Waals surface area contributed by atoms with E-state index in [9.17, 15) is 19.5 Å². The Hall–Kier alpha value is -4.26. The van der Waals surface area contributed by atoms with Crippen molar-refractivity contribution in [1.82, 2.24) is 14.3 Å². The van der Waals surface area contributed by atoms with Crippen LogP contribution in [0.15, 0.2) is 83.7 Å². The highest BCUT2D eigenvalue weighted by molar-refractivity contribution is 5.96. The fourth-order valence-corrected chi connectivity index (χ4v) is 4.00. The molecule has 0 bridgehead atoms. The first kappa shape index (κ1) is 23.9. The molecule has 4 rings (SSSR count). The summed E-state index contributed by atoms with van der Waals surface area (Å²) in [7, 11) is 0. The molecular formula is C28H27N3O4. The van der Waals surface area contributed by atoms with Gasteiger partial charge >= 0.3 is 11.7 Å². The zero-order valence-electron chi connectivity index (χ0n) is 19.9. The van der Waals surface area contributed by atoms with Crippen LogP contribution in [0, 0.1) is 0 Å². The van der Waals surface area contributed by atoms with Crippen molar-refractivity contribution in [3.05, 3.63) is 112 Å². The first-order valence-corrected chi connectivity index (χ1v) is 11.3. The molecule has 1 heterocycles. The fourth-order valence-electron chi connectivity index (χ4n) is 4.00. The highest BCUT2D eigenvalue weighted by Crippen LogP contribution is 2.25. The quantitative estimate of drug-likeness (QED) is 0.444. The summed E-state index contributed by atoms with van der Waals surface area (Å²) in [5, 5.41) is 13.9. The molecule has 178 valence electrons. The summed E-state index contributed by atoms with van der Waals surface area (Å²) in [4.78, 5) is 37.7. The molecule has 4 aromatic rings. The number of carbonyl (C=O) groups excluding carboxylic acids is 1. The summed E-state index contributed by atoms with van der Waals surface area (Å²) in [6, 6.07) is 23.5. The number of hydrogen-bond donors (Lipinski definition) is 1. The van der Waals surface area contributed by atoms with Gasteiger partial charge in [0.05, 0.1) is 18.5 Å². The lowest BCUT2D eigenvalue weighted by molar-refractivity contribution is 0.0697. The number of carboxylic acids is 1. The molecule has 0 amide bonds. The van der Waals surface area contributed by atoms with Gasteiger partial charge in [-0.25, -0.2) is 9.59 Å². The summed E-state index contributed by atoms with van der Waals surface area (Å²) in [6.45, 7) is 6.08. The van der Waals surface area contributed by atoms with E-state index in [0.29, 0.717) is 11.4 Å². The number of hydrogen-bond acceptors (Lipinski definition) is 4. The van der Waals surface area contributed by atoms with Crippen LogP contribution in [0.25, 0.3) is 11.1 Å². The van der Waals surface area contributed by atoms with Crippen LogP contribution in [0.3, 0.4) is 0 Å². The van der Waals surface area contributed by atoms with E-state index < -0.39 is 17.1 Å². The first-order chi connectivity index (χ1) is 16.6. The van der Waals surface area contributed by atoms with E-state index in [1.54, 1.807) is 24.3 Å². The van der Waals surface area contributed by atoms with Gasteiger partial charge in [0.15, 0.2) is 0 Å². The maximum absolute atomic E-state index is 13.3. The number of carbonyl (C=O) groups is 2. The van der Waals surface area contributed by atoms with Gasteiger partial charge in [-0.05, 0) is 28.3 Å². The Labute approximate surface area is 203 Å². The lowest BCUT2D eigenvalue weighted by atomic mass is 9.95. The van der Waals surface area contributed by atoms with E-state index in [1.165, 1.54) is 4.57 Å². The smallest absolute Gasteiger partial charge is 0.353 e. The number of carboxylic acid groups (broad SMARTS) is 1. The summed E-state index contributed by atoms with van der Waals surface area (Å²) < 4.78 is 2.49. The Morgan fingerprint density at radius 3 is 2.11 bits per heavy atom. The second kappa shape index (κ2) is 9.54. The van der Waals surface area contributed by atoms with Gasteiger partial charge in [-0.3, -0.25) is 9.36 Å². The third kappa shape index (κ3) is 5.14. The fraction of sp³-hybridized carbons (Fsp3) is 0.214. The molecule has 0 aliphatic carbocycles. The van der Waals surface area contributed by atoms with Crippen molar-refractivity contribution in [2.24, 2.45) is 0 Å². The van der Waals surface area contributed by atoms with Crippen LogP contribution in [0.1, 0.15) is 52.9 Å². The van der Waals surface area contributed by atoms with Gasteiger partial charge in [-0.1, -0.05) is 93.6 Å². The maximum Gasteiger partial charge on any atom is 0.353 e. The first-order valence-electron chi connectivity index (χ1n) is 11.3.